The highest BCUT2D eigenvalue weighted by atomic mass is 15.0. The van der Waals surface area contributed by atoms with Gasteiger partial charge in [0.15, 0.2) is 0 Å². The Bertz CT molecular complexity index is 545. The molecule has 21 heavy (non-hydrogen) atoms. The van der Waals surface area contributed by atoms with Gasteiger partial charge >= 0.3 is 0 Å². The van der Waals surface area contributed by atoms with Gasteiger partial charge in [-0.05, 0) is 36.8 Å². The minimum Gasteiger partial charge on any atom is -0.313 e. The van der Waals surface area contributed by atoms with Crippen LogP contribution in [0.4, 0.5) is 0 Å². The first kappa shape index (κ1) is 14.3. The molecular weight excluding hydrogens is 254 g/mol. The largest absolute Gasteiger partial charge is 0.313 e. The zero-order valence-electron chi connectivity index (χ0n) is 12.9. The molecule has 1 heteroatoms. The van der Waals surface area contributed by atoms with Crippen molar-refractivity contribution in [2.24, 2.45) is 0 Å². The van der Waals surface area contributed by atoms with Crippen LogP contribution in [0.25, 0.3) is 0 Å². The molecular formula is C20H25N. The minimum absolute atomic E-state index is 0.200. The third-order valence-corrected chi connectivity index (χ3v) is 4.75. The number of nitrogens with one attached hydrogen (secondary N) is 1. The Labute approximate surface area is 128 Å². The second-order valence-electron chi connectivity index (χ2n) is 6.32. The summed E-state index contributed by atoms with van der Waals surface area (Å²) in [5.74, 6) is 0. The highest BCUT2D eigenvalue weighted by Gasteiger charge is 2.33. The summed E-state index contributed by atoms with van der Waals surface area (Å²) < 4.78 is 0. The van der Waals surface area contributed by atoms with Crippen LogP contribution < -0.4 is 5.32 Å². The van der Waals surface area contributed by atoms with Gasteiger partial charge in [-0.25, -0.2) is 0 Å². The van der Waals surface area contributed by atoms with Crippen molar-refractivity contribution in [1.29, 1.82) is 0 Å². The Morgan fingerprint density at radius 2 is 1.57 bits per heavy atom. The molecule has 1 aliphatic carbocycles. The molecule has 1 N–H and O–H groups in total. The Hall–Kier alpha value is -1.60. The molecule has 0 spiro atoms. The standard InChI is InChI=1S/C20H25N/c1-2-20(16-21-19-13-14-19,18-11-7-4-8-12-18)15-17-9-5-3-6-10-17/h3-12,19,21H,2,13-16H2,1H3. The first-order valence-electron chi connectivity index (χ1n) is 8.15. The predicted molar refractivity (Wildman–Crippen MR) is 89.6 cm³/mol. The van der Waals surface area contributed by atoms with Crippen LogP contribution in [0, 0.1) is 0 Å². The molecule has 0 aromatic heterocycles. The van der Waals surface area contributed by atoms with Crippen LogP contribution in [-0.4, -0.2) is 12.6 Å². The summed E-state index contributed by atoms with van der Waals surface area (Å²) in [6.07, 6.45) is 4.96. The molecule has 0 bridgehead atoms. The van der Waals surface area contributed by atoms with Gasteiger partial charge in [0.05, 0.1) is 0 Å². The highest BCUT2D eigenvalue weighted by molar-refractivity contribution is 5.30. The Morgan fingerprint density at radius 1 is 0.952 bits per heavy atom. The third kappa shape index (κ3) is 3.54. The Morgan fingerprint density at radius 3 is 2.14 bits per heavy atom. The molecule has 0 amide bonds. The van der Waals surface area contributed by atoms with Gasteiger partial charge in [-0.15, -0.1) is 0 Å². The molecule has 1 fully saturated rings. The van der Waals surface area contributed by atoms with E-state index in [1.807, 2.05) is 0 Å². The number of rotatable bonds is 7. The quantitative estimate of drug-likeness (QED) is 0.795. The zero-order valence-corrected chi connectivity index (χ0v) is 12.9. The van der Waals surface area contributed by atoms with Gasteiger partial charge in [0.25, 0.3) is 0 Å². The number of hydrogen-bond donors (Lipinski definition) is 1. The lowest BCUT2D eigenvalue weighted by Gasteiger charge is -2.34. The van der Waals surface area contributed by atoms with E-state index in [1.165, 1.54) is 24.0 Å². The fraction of sp³-hybridized carbons (Fsp3) is 0.400. The van der Waals surface area contributed by atoms with Crippen molar-refractivity contribution < 1.29 is 0 Å². The molecule has 1 aliphatic rings. The first-order chi connectivity index (χ1) is 10.3. The molecule has 1 nitrogen and oxygen atoms in total. The summed E-state index contributed by atoms with van der Waals surface area (Å²) in [5, 5.41) is 3.77. The fourth-order valence-electron chi connectivity index (χ4n) is 3.13. The lowest BCUT2D eigenvalue weighted by molar-refractivity contribution is 0.376. The summed E-state index contributed by atoms with van der Waals surface area (Å²) in [6, 6.07) is 22.7. The molecule has 2 aromatic rings. The van der Waals surface area contributed by atoms with E-state index in [0.29, 0.717) is 0 Å². The topological polar surface area (TPSA) is 12.0 Å². The van der Waals surface area contributed by atoms with E-state index in [-0.39, 0.29) is 5.41 Å². The molecule has 1 saturated carbocycles. The fourth-order valence-corrected chi connectivity index (χ4v) is 3.13. The van der Waals surface area contributed by atoms with Gasteiger partial charge in [-0.2, -0.15) is 0 Å². The van der Waals surface area contributed by atoms with Crippen LogP contribution in [0.15, 0.2) is 60.7 Å². The Kier molecular flexibility index (Phi) is 4.40. The van der Waals surface area contributed by atoms with E-state index in [2.05, 4.69) is 72.9 Å². The summed E-state index contributed by atoms with van der Waals surface area (Å²) in [5.41, 5.74) is 3.09. The second kappa shape index (κ2) is 6.44. The van der Waals surface area contributed by atoms with E-state index < -0.39 is 0 Å². The molecule has 1 unspecified atom stereocenters. The maximum absolute atomic E-state index is 3.77. The van der Waals surface area contributed by atoms with E-state index in [0.717, 1.165) is 25.4 Å². The van der Waals surface area contributed by atoms with Crippen LogP contribution in [0.1, 0.15) is 37.3 Å². The predicted octanol–water partition coefficient (Wildman–Crippen LogP) is 4.33. The van der Waals surface area contributed by atoms with Gasteiger partial charge in [0.2, 0.25) is 0 Å². The lowest BCUT2D eigenvalue weighted by atomic mass is 9.73. The first-order valence-corrected chi connectivity index (χ1v) is 8.15. The van der Waals surface area contributed by atoms with Crippen molar-refractivity contribution in [2.75, 3.05) is 6.54 Å². The van der Waals surface area contributed by atoms with Crippen LogP contribution in [0.5, 0.6) is 0 Å². The maximum atomic E-state index is 3.77. The zero-order chi connectivity index (χ0) is 14.5. The normalized spacial score (nSPS) is 17.4. The lowest BCUT2D eigenvalue weighted by Crippen LogP contribution is -2.40. The van der Waals surface area contributed by atoms with Gasteiger partial charge < -0.3 is 5.32 Å². The summed E-state index contributed by atoms with van der Waals surface area (Å²) in [7, 11) is 0. The molecule has 1 atom stereocenters. The monoisotopic (exact) mass is 279 g/mol. The van der Waals surface area contributed by atoms with Gasteiger partial charge in [-0.1, -0.05) is 67.6 Å². The third-order valence-electron chi connectivity index (χ3n) is 4.75. The average Bonchev–Trinajstić information content (AvgIpc) is 3.38. The smallest absolute Gasteiger partial charge is 0.0115 e. The summed E-state index contributed by atoms with van der Waals surface area (Å²) >= 11 is 0. The van der Waals surface area contributed by atoms with E-state index in [9.17, 15) is 0 Å². The SMILES string of the molecule is CCC(CNC1CC1)(Cc1ccccc1)c1ccccc1. The molecule has 0 aliphatic heterocycles. The van der Waals surface area contributed by atoms with E-state index in [1.54, 1.807) is 0 Å². The number of hydrogen-bond acceptors (Lipinski definition) is 1. The van der Waals surface area contributed by atoms with Crippen LogP contribution >= 0.6 is 0 Å². The molecule has 0 saturated heterocycles. The van der Waals surface area contributed by atoms with E-state index >= 15 is 0 Å². The van der Waals surface area contributed by atoms with Crippen molar-refractivity contribution in [1.82, 2.24) is 5.32 Å². The van der Waals surface area contributed by atoms with Crippen molar-refractivity contribution in [3.05, 3.63) is 71.8 Å². The maximum Gasteiger partial charge on any atom is 0.0115 e. The van der Waals surface area contributed by atoms with Crippen molar-refractivity contribution >= 4 is 0 Å². The average molecular weight is 279 g/mol. The Balaban J connectivity index is 1.87. The molecule has 0 heterocycles. The molecule has 2 aromatic carbocycles. The molecule has 110 valence electrons. The summed E-state index contributed by atoms with van der Waals surface area (Å²) in [4.78, 5) is 0. The van der Waals surface area contributed by atoms with Gasteiger partial charge in [-0.3, -0.25) is 0 Å². The van der Waals surface area contributed by atoms with Gasteiger partial charge in [0, 0.05) is 18.0 Å². The van der Waals surface area contributed by atoms with Crippen LogP contribution in [-0.2, 0) is 11.8 Å². The minimum atomic E-state index is 0.200. The second-order valence-corrected chi connectivity index (χ2v) is 6.32. The van der Waals surface area contributed by atoms with Crippen molar-refractivity contribution in [3.8, 4) is 0 Å². The van der Waals surface area contributed by atoms with Gasteiger partial charge in [0.1, 0.15) is 0 Å². The van der Waals surface area contributed by atoms with Crippen molar-refractivity contribution in [2.45, 2.75) is 44.1 Å². The van der Waals surface area contributed by atoms with Crippen LogP contribution in [0.2, 0.25) is 0 Å². The van der Waals surface area contributed by atoms with Crippen molar-refractivity contribution in [3.63, 3.8) is 0 Å². The van der Waals surface area contributed by atoms with Crippen LogP contribution in [0.3, 0.4) is 0 Å². The molecule has 0 radical (unpaired) electrons. The molecule has 3 rings (SSSR count). The summed E-state index contributed by atoms with van der Waals surface area (Å²) in [6.45, 7) is 3.40. The highest BCUT2D eigenvalue weighted by Crippen LogP contribution is 2.33. The van der Waals surface area contributed by atoms with E-state index in [4.69, 9.17) is 0 Å². The number of benzene rings is 2.